The van der Waals surface area contributed by atoms with Crippen LogP contribution in [0, 0.1) is 17.8 Å². The van der Waals surface area contributed by atoms with Crippen molar-refractivity contribution >= 4 is 11.8 Å². The highest BCUT2D eigenvalue weighted by Crippen LogP contribution is 2.38. The molecule has 1 heterocycles. The molecule has 1 saturated heterocycles. The fourth-order valence-electron chi connectivity index (χ4n) is 1.48. The lowest BCUT2D eigenvalue weighted by atomic mass is 9.82. The largest absolute Gasteiger partial charge is 0.377 e. The fourth-order valence-corrected chi connectivity index (χ4v) is 2.76. The van der Waals surface area contributed by atoms with Crippen LogP contribution in [0.1, 0.15) is 20.3 Å². The Morgan fingerprint density at radius 1 is 1.45 bits per heavy atom. The number of aliphatic hydroxyl groups is 1. The first kappa shape index (κ1) is 8.96. The predicted octanol–water partition coefficient (Wildman–Crippen LogP) is 1.51. The van der Waals surface area contributed by atoms with E-state index in [-0.39, 0.29) is 5.41 Å². The zero-order valence-corrected chi connectivity index (χ0v) is 7.87. The molecular weight excluding hydrogens is 156 g/mol. The highest BCUT2D eigenvalue weighted by Gasteiger charge is 2.37. The Bertz CT molecular complexity index is 192. The van der Waals surface area contributed by atoms with Crippen LogP contribution in [0.25, 0.3) is 0 Å². The molecule has 0 aromatic heterocycles. The number of rotatable bonds is 0. The Labute approximate surface area is 72.6 Å². The van der Waals surface area contributed by atoms with E-state index in [0.717, 1.165) is 12.2 Å². The smallest absolute Gasteiger partial charge is 0.134 e. The van der Waals surface area contributed by atoms with Crippen molar-refractivity contribution in [2.24, 2.45) is 5.41 Å². The van der Waals surface area contributed by atoms with E-state index in [9.17, 15) is 5.11 Å². The first-order chi connectivity index (χ1) is 4.97. The van der Waals surface area contributed by atoms with Crippen LogP contribution in [0.15, 0.2) is 0 Å². The Kier molecular flexibility index (Phi) is 2.22. The normalized spacial score (nSPS) is 36.2. The molecule has 0 spiro atoms. The molecule has 0 bridgehead atoms. The van der Waals surface area contributed by atoms with E-state index >= 15 is 0 Å². The molecule has 1 atom stereocenters. The van der Waals surface area contributed by atoms with Crippen molar-refractivity contribution in [2.45, 2.75) is 25.9 Å². The number of hydrogen-bond donors (Lipinski definition) is 1. The minimum Gasteiger partial charge on any atom is -0.377 e. The van der Waals surface area contributed by atoms with E-state index in [1.54, 1.807) is 11.8 Å². The van der Waals surface area contributed by atoms with Crippen molar-refractivity contribution in [1.29, 1.82) is 0 Å². The van der Waals surface area contributed by atoms with Crippen LogP contribution in [-0.4, -0.2) is 22.2 Å². The molecule has 1 nitrogen and oxygen atoms in total. The molecule has 2 heteroatoms. The van der Waals surface area contributed by atoms with Gasteiger partial charge in [-0.05, 0) is 17.6 Å². The highest BCUT2D eigenvalue weighted by molar-refractivity contribution is 7.99. The van der Waals surface area contributed by atoms with E-state index in [2.05, 4.69) is 19.8 Å². The van der Waals surface area contributed by atoms with Crippen molar-refractivity contribution in [3.8, 4) is 12.3 Å². The molecule has 0 amide bonds. The van der Waals surface area contributed by atoms with Crippen LogP contribution < -0.4 is 0 Å². The van der Waals surface area contributed by atoms with Gasteiger partial charge in [-0.3, -0.25) is 0 Å². The standard InChI is InChI=1S/C9H14OS/c1-4-9(10)5-8(2,3)6-11-7-9/h1,10H,5-7H2,2-3H3. The average Bonchev–Trinajstić information content (AvgIpc) is 1.85. The van der Waals surface area contributed by atoms with E-state index < -0.39 is 5.60 Å². The Balaban J connectivity index is 2.69. The van der Waals surface area contributed by atoms with Gasteiger partial charge in [0.15, 0.2) is 0 Å². The van der Waals surface area contributed by atoms with Gasteiger partial charge >= 0.3 is 0 Å². The molecule has 1 fully saturated rings. The summed E-state index contributed by atoms with van der Waals surface area (Å²) >= 11 is 1.74. The van der Waals surface area contributed by atoms with E-state index in [0.29, 0.717) is 5.75 Å². The SMILES string of the molecule is C#CC1(O)CSCC(C)(C)C1. The van der Waals surface area contributed by atoms with Crippen molar-refractivity contribution < 1.29 is 5.11 Å². The molecule has 1 N–H and O–H groups in total. The first-order valence-electron chi connectivity index (χ1n) is 3.75. The summed E-state index contributed by atoms with van der Waals surface area (Å²) in [5, 5.41) is 9.76. The average molecular weight is 170 g/mol. The minimum absolute atomic E-state index is 0.185. The summed E-state index contributed by atoms with van der Waals surface area (Å²) in [6, 6.07) is 0. The third-order valence-electron chi connectivity index (χ3n) is 1.87. The molecule has 0 radical (unpaired) electrons. The summed E-state index contributed by atoms with van der Waals surface area (Å²) < 4.78 is 0. The third kappa shape index (κ3) is 2.15. The van der Waals surface area contributed by atoms with Gasteiger partial charge in [0.2, 0.25) is 0 Å². The van der Waals surface area contributed by atoms with Gasteiger partial charge in [0, 0.05) is 5.75 Å². The monoisotopic (exact) mass is 170 g/mol. The van der Waals surface area contributed by atoms with E-state index in [1.807, 2.05) is 0 Å². The predicted molar refractivity (Wildman–Crippen MR) is 49.5 cm³/mol. The lowest BCUT2D eigenvalue weighted by molar-refractivity contribution is 0.0739. The van der Waals surface area contributed by atoms with Gasteiger partial charge < -0.3 is 5.11 Å². The topological polar surface area (TPSA) is 20.2 Å². The van der Waals surface area contributed by atoms with Crippen LogP contribution in [0.5, 0.6) is 0 Å². The molecule has 1 aliphatic heterocycles. The van der Waals surface area contributed by atoms with Gasteiger partial charge in [-0.25, -0.2) is 0 Å². The number of hydrogen-bond acceptors (Lipinski definition) is 2. The Morgan fingerprint density at radius 3 is 2.45 bits per heavy atom. The number of thioether (sulfide) groups is 1. The van der Waals surface area contributed by atoms with Crippen molar-refractivity contribution in [3.05, 3.63) is 0 Å². The molecular formula is C9H14OS. The van der Waals surface area contributed by atoms with Crippen molar-refractivity contribution in [3.63, 3.8) is 0 Å². The molecule has 1 rings (SSSR count). The lowest BCUT2D eigenvalue weighted by Crippen LogP contribution is -2.41. The second-order valence-electron chi connectivity index (χ2n) is 4.01. The zero-order valence-electron chi connectivity index (χ0n) is 7.05. The Hall–Kier alpha value is -0.130. The molecule has 11 heavy (non-hydrogen) atoms. The molecule has 0 aromatic carbocycles. The molecule has 1 unspecified atom stereocenters. The van der Waals surface area contributed by atoms with Crippen LogP contribution >= 0.6 is 11.8 Å². The van der Waals surface area contributed by atoms with Crippen LogP contribution in [-0.2, 0) is 0 Å². The quantitative estimate of drug-likeness (QED) is 0.556. The van der Waals surface area contributed by atoms with E-state index in [1.165, 1.54) is 0 Å². The molecule has 62 valence electrons. The summed E-state index contributed by atoms with van der Waals surface area (Å²) in [6.07, 6.45) is 5.97. The Morgan fingerprint density at radius 2 is 2.09 bits per heavy atom. The molecule has 0 aliphatic carbocycles. The maximum Gasteiger partial charge on any atom is 0.134 e. The van der Waals surface area contributed by atoms with Gasteiger partial charge in [0.05, 0.1) is 0 Å². The molecule has 0 aromatic rings. The van der Waals surface area contributed by atoms with Crippen LogP contribution in [0.2, 0.25) is 0 Å². The summed E-state index contributed by atoms with van der Waals surface area (Å²) in [6.45, 7) is 4.28. The van der Waals surface area contributed by atoms with Crippen LogP contribution in [0.3, 0.4) is 0 Å². The summed E-state index contributed by atoms with van der Waals surface area (Å²) in [5.74, 6) is 4.25. The van der Waals surface area contributed by atoms with E-state index in [4.69, 9.17) is 6.42 Å². The first-order valence-corrected chi connectivity index (χ1v) is 4.91. The highest BCUT2D eigenvalue weighted by atomic mass is 32.2. The summed E-state index contributed by atoms with van der Waals surface area (Å²) in [4.78, 5) is 0. The second kappa shape index (κ2) is 2.73. The van der Waals surface area contributed by atoms with Crippen LogP contribution in [0.4, 0.5) is 0 Å². The van der Waals surface area contributed by atoms with Gasteiger partial charge in [-0.15, -0.1) is 6.42 Å². The summed E-state index contributed by atoms with van der Waals surface area (Å²) in [5.41, 5.74) is -0.670. The maximum absolute atomic E-state index is 9.76. The fraction of sp³-hybridized carbons (Fsp3) is 0.778. The molecule has 1 aliphatic rings. The van der Waals surface area contributed by atoms with Gasteiger partial charge in [-0.1, -0.05) is 19.8 Å². The third-order valence-corrected chi connectivity index (χ3v) is 3.54. The lowest BCUT2D eigenvalue weighted by Gasteiger charge is -2.37. The van der Waals surface area contributed by atoms with Crippen molar-refractivity contribution in [1.82, 2.24) is 0 Å². The van der Waals surface area contributed by atoms with Crippen molar-refractivity contribution in [2.75, 3.05) is 11.5 Å². The second-order valence-corrected chi connectivity index (χ2v) is 5.00. The summed E-state index contributed by atoms with van der Waals surface area (Å²) in [7, 11) is 0. The minimum atomic E-state index is -0.855. The van der Waals surface area contributed by atoms with Gasteiger partial charge in [-0.2, -0.15) is 11.8 Å². The zero-order chi connectivity index (χ0) is 8.54. The maximum atomic E-state index is 9.76. The number of terminal acetylenes is 1. The van der Waals surface area contributed by atoms with Gasteiger partial charge in [0.1, 0.15) is 5.60 Å². The molecule has 0 saturated carbocycles. The van der Waals surface area contributed by atoms with Gasteiger partial charge in [0.25, 0.3) is 0 Å².